The zero-order chi connectivity index (χ0) is 28.6. The monoisotopic (exact) mass is 571 g/mol. The Kier molecular flexibility index (Phi) is 10.9. The lowest BCUT2D eigenvalue weighted by atomic mass is 9.98. The molecule has 2 heterocycles. The molecule has 1 saturated heterocycles. The largest absolute Gasteiger partial charge is 0.466 e. The topological polar surface area (TPSA) is 187 Å². The van der Waals surface area contributed by atoms with E-state index in [-0.39, 0.29) is 36.4 Å². The third-order valence-electron chi connectivity index (χ3n) is 5.83. The number of allylic oxidation sites excluding steroid dienone is 1. The number of aliphatic hydroxyl groups excluding tert-OH is 2. The van der Waals surface area contributed by atoms with Crippen LogP contribution < -0.4 is 14.8 Å². The number of benzene rings is 1. The number of unbranched alkanes of at least 4 members (excludes halogenated alkanes) is 2. The van der Waals surface area contributed by atoms with Crippen LogP contribution in [-0.2, 0) is 33.6 Å². The molecule has 1 fully saturated rings. The van der Waals surface area contributed by atoms with Crippen molar-refractivity contribution in [3.05, 3.63) is 42.2 Å². The molecule has 13 nitrogen and oxygen atoms in total. The van der Waals surface area contributed by atoms with Crippen LogP contribution in [0.3, 0.4) is 0 Å². The Balaban J connectivity index is 1.58. The Hall–Kier alpha value is -3.01. The van der Waals surface area contributed by atoms with Crippen molar-refractivity contribution in [1.82, 2.24) is 5.32 Å². The number of carbonyl (C=O) groups excluding carboxylic acids is 2. The van der Waals surface area contributed by atoms with Crippen LogP contribution in [0.2, 0.25) is 0 Å². The van der Waals surface area contributed by atoms with Crippen molar-refractivity contribution in [2.75, 3.05) is 19.8 Å². The van der Waals surface area contributed by atoms with Crippen molar-refractivity contribution in [3.63, 3.8) is 0 Å². The quantitative estimate of drug-likeness (QED) is 0.151. The average Bonchev–Trinajstić information content (AvgIpc) is 2.85. The molecule has 39 heavy (non-hydrogen) atoms. The number of esters is 1. The van der Waals surface area contributed by atoms with E-state index in [0.29, 0.717) is 49.3 Å². The van der Waals surface area contributed by atoms with E-state index in [1.807, 2.05) is 0 Å². The lowest BCUT2D eigenvalue weighted by molar-refractivity contribution is -0.234. The van der Waals surface area contributed by atoms with Gasteiger partial charge in [0.25, 0.3) is 0 Å². The number of rotatable bonds is 13. The second kappa shape index (κ2) is 13.9. The number of fused-ring (bicyclic) bond motifs is 1. The van der Waals surface area contributed by atoms with Gasteiger partial charge in [-0.1, -0.05) is 13.0 Å². The number of hydrogen-bond donors (Lipinski definition) is 4. The summed E-state index contributed by atoms with van der Waals surface area (Å²) in [4.78, 5) is 23.9. The van der Waals surface area contributed by atoms with Crippen LogP contribution in [-0.4, -0.2) is 79.4 Å². The first-order valence-corrected chi connectivity index (χ1v) is 13.8. The minimum Gasteiger partial charge on any atom is -0.466 e. The van der Waals surface area contributed by atoms with Crippen molar-refractivity contribution in [3.8, 4) is 11.5 Å². The molecule has 1 aromatic carbocycles. The molecular formula is C25H33NO12S. The summed E-state index contributed by atoms with van der Waals surface area (Å²) in [6.45, 7) is 6.00. The standard InChI is InChI=1S/C25H33NO12S/c1-3-34-22(29)7-5-4-6-10-26-21(28)12-16-11-15(2)36-20-13-17(8-9-18(16)20)37-25-24(38-39(31,32)33)23(30)19(27)14-35-25/h8-9,11,13,19,23-25,27,30H,2-7,10,12,14H2,1H3,(H,26,28)(H,31,32,33). The SMILES string of the molecule is C=C1C=C(CC(=O)NCCCCCC(=O)OCC)c2ccc(OC3OCC(O)C(O)C3OS(=O)(=O)O)cc2O1. The highest BCUT2D eigenvalue weighted by atomic mass is 32.3. The smallest absolute Gasteiger partial charge is 0.397 e. The third kappa shape index (κ3) is 9.30. The second-order valence-electron chi connectivity index (χ2n) is 8.90. The van der Waals surface area contributed by atoms with Gasteiger partial charge in [-0.25, -0.2) is 4.18 Å². The summed E-state index contributed by atoms with van der Waals surface area (Å²) in [6.07, 6.45) is -2.21. The van der Waals surface area contributed by atoms with Gasteiger partial charge in [0.2, 0.25) is 12.2 Å². The van der Waals surface area contributed by atoms with E-state index in [0.717, 1.165) is 6.42 Å². The van der Waals surface area contributed by atoms with Crippen LogP contribution in [0.1, 0.15) is 44.6 Å². The first kappa shape index (κ1) is 30.5. The van der Waals surface area contributed by atoms with Crippen LogP contribution in [0.15, 0.2) is 36.6 Å². The molecule has 1 aromatic rings. The van der Waals surface area contributed by atoms with Gasteiger partial charge < -0.3 is 34.5 Å². The van der Waals surface area contributed by atoms with Gasteiger partial charge in [-0.2, -0.15) is 8.42 Å². The van der Waals surface area contributed by atoms with Crippen molar-refractivity contribution >= 4 is 27.8 Å². The molecule has 2 aliphatic rings. The van der Waals surface area contributed by atoms with E-state index in [4.69, 9.17) is 23.5 Å². The summed E-state index contributed by atoms with van der Waals surface area (Å²) >= 11 is 0. The van der Waals surface area contributed by atoms with E-state index < -0.39 is 35.0 Å². The summed E-state index contributed by atoms with van der Waals surface area (Å²) < 4.78 is 57.4. The van der Waals surface area contributed by atoms with E-state index in [1.54, 1.807) is 19.1 Å². The second-order valence-corrected chi connectivity index (χ2v) is 9.95. The van der Waals surface area contributed by atoms with E-state index in [2.05, 4.69) is 16.1 Å². The highest BCUT2D eigenvalue weighted by Gasteiger charge is 2.44. The first-order chi connectivity index (χ1) is 18.5. The van der Waals surface area contributed by atoms with E-state index >= 15 is 0 Å². The van der Waals surface area contributed by atoms with E-state index in [9.17, 15) is 28.2 Å². The molecule has 14 heteroatoms. The summed E-state index contributed by atoms with van der Waals surface area (Å²) in [5, 5.41) is 22.8. The van der Waals surface area contributed by atoms with Crippen molar-refractivity contribution in [2.24, 2.45) is 0 Å². The zero-order valence-electron chi connectivity index (χ0n) is 21.4. The fourth-order valence-electron chi connectivity index (χ4n) is 4.03. The Bertz CT molecular complexity index is 1180. The minimum atomic E-state index is -4.99. The molecule has 216 valence electrons. The summed E-state index contributed by atoms with van der Waals surface area (Å²) in [6, 6.07) is 4.59. The molecule has 0 radical (unpaired) electrons. The van der Waals surface area contributed by atoms with Gasteiger partial charge in [-0.3, -0.25) is 14.1 Å². The number of carbonyl (C=O) groups is 2. The number of amides is 1. The molecule has 0 aromatic heterocycles. The Morgan fingerprint density at radius 2 is 1.97 bits per heavy atom. The maximum Gasteiger partial charge on any atom is 0.397 e. The molecule has 0 saturated carbocycles. The molecule has 3 rings (SSSR count). The number of ether oxygens (including phenoxy) is 4. The van der Waals surface area contributed by atoms with E-state index in [1.165, 1.54) is 12.1 Å². The van der Waals surface area contributed by atoms with Gasteiger partial charge >= 0.3 is 16.4 Å². The maximum absolute atomic E-state index is 12.5. The predicted octanol–water partition coefficient (Wildman–Crippen LogP) is 1.25. The van der Waals surface area contributed by atoms with Gasteiger partial charge in [0.15, 0.2) is 6.10 Å². The molecule has 0 spiro atoms. The van der Waals surface area contributed by atoms with Crippen LogP contribution in [0.25, 0.3) is 5.57 Å². The average molecular weight is 572 g/mol. The molecule has 4 N–H and O–H groups in total. The predicted molar refractivity (Wildman–Crippen MR) is 136 cm³/mol. The van der Waals surface area contributed by atoms with Gasteiger partial charge in [0.05, 0.1) is 19.6 Å². The molecule has 2 aliphatic heterocycles. The van der Waals surface area contributed by atoms with Crippen molar-refractivity contribution < 1.29 is 55.9 Å². The van der Waals surface area contributed by atoms with Crippen LogP contribution in [0, 0.1) is 0 Å². The maximum atomic E-state index is 12.5. The molecule has 1 amide bonds. The fourth-order valence-corrected chi connectivity index (χ4v) is 4.51. The fraction of sp³-hybridized carbons (Fsp3) is 0.520. The molecule has 4 unspecified atom stereocenters. The molecular weight excluding hydrogens is 538 g/mol. The minimum absolute atomic E-state index is 0.0541. The highest BCUT2D eigenvalue weighted by Crippen LogP contribution is 2.38. The normalized spacial score (nSPS) is 22.8. The zero-order valence-corrected chi connectivity index (χ0v) is 22.2. The Labute approximate surface area is 226 Å². The van der Waals surface area contributed by atoms with Crippen LogP contribution in [0.5, 0.6) is 11.5 Å². The van der Waals surface area contributed by atoms with Gasteiger partial charge in [0, 0.05) is 24.6 Å². The number of nitrogens with one attached hydrogen (secondary N) is 1. The lowest BCUT2D eigenvalue weighted by Gasteiger charge is -2.36. The Morgan fingerprint density at radius 1 is 1.21 bits per heavy atom. The van der Waals surface area contributed by atoms with Crippen molar-refractivity contribution in [2.45, 2.75) is 63.6 Å². The molecule has 0 bridgehead atoms. The van der Waals surface area contributed by atoms with Gasteiger partial charge in [0.1, 0.15) is 29.5 Å². The van der Waals surface area contributed by atoms with Crippen LogP contribution >= 0.6 is 0 Å². The number of aliphatic hydroxyl groups is 2. The summed E-state index contributed by atoms with van der Waals surface area (Å²) in [5.41, 5.74) is 1.25. The van der Waals surface area contributed by atoms with Crippen molar-refractivity contribution in [1.29, 1.82) is 0 Å². The number of hydrogen-bond acceptors (Lipinski definition) is 11. The van der Waals surface area contributed by atoms with Gasteiger partial charge in [-0.05, 0) is 43.5 Å². The lowest BCUT2D eigenvalue weighted by Crippen LogP contribution is -2.56. The first-order valence-electron chi connectivity index (χ1n) is 12.4. The highest BCUT2D eigenvalue weighted by molar-refractivity contribution is 7.80. The third-order valence-corrected chi connectivity index (χ3v) is 6.29. The Morgan fingerprint density at radius 3 is 2.69 bits per heavy atom. The molecule has 0 aliphatic carbocycles. The summed E-state index contributed by atoms with van der Waals surface area (Å²) in [7, 11) is -4.99. The molecule has 4 atom stereocenters. The summed E-state index contributed by atoms with van der Waals surface area (Å²) in [5.74, 6) is 0.287. The van der Waals surface area contributed by atoms with Crippen LogP contribution in [0.4, 0.5) is 0 Å². The van der Waals surface area contributed by atoms with Gasteiger partial charge in [-0.15, -0.1) is 0 Å².